The summed E-state index contributed by atoms with van der Waals surface area (Å²) >= 11 is 2.03. The highest BCUT2D eigenvalue weighted by atomic mass is 127. The molecule has 0 aliphatic heterocycles. The van der Waals surface area contributed by atoms with Gasteiger partial charge in [0.15, 0.2) is 0 Å². The van der Waals surface area contributed by atoms with Crippen molar-refractivity contribution in [3.8, 4) is 11.8 Å². The summed E-state index contributed by atoms with van der Waals surface area (Å²) in [7, 11) is 0. The Kier molecular flexibility index (Phi) is 5.22. The molecular weight excluding hydrogens is 333 g/mol. The van der Waals surface area contributed by atoms with E-state index >= 15 is 0 Å². The average Bonchev–Trinajstić information content (AvgIpc) is 2.30. The van der Waals surface area contributed by atoms with E-state index in [0.29, 0.717) is 23.5 Å². The maximum atomic E-state index is 11.7. The fourth-order valence-electron chi connectivity index (χ4n) is 1.28. The number of carbonyl (C=O) groups is 1. The molecule has 0 spiro atoms. The molecule has 0 radical (unpaired) electrons. The molecule has 5 heteroatoms. The van der Waals surface area contributed by atoms with Gasteiger partial charge in [0.05, 0.1) is 18.8 Å². The van der Waals surface area contributed by atoms with Crippen molar-refractivity contribution in [1.82, 2.24) is 0 Å². The second-order valence-corrected chi connectivity index (χ2v) is 4.26. The Balaban J connectivity index is 3.24. The van der Waals surface area contributed by atoms with Crippen molar-refractivity contribution in [1.29, 1.82) is 5.26 Å². The van der Waals surface area contributed by atoms with E-state index in [1.807, 2.05) is 35.6 Å². The number of esters is 1. The van der Waals surface area contributed by atoms with Crippen LogP contribution in [0.15, 0.2) is 12.1 Å². The third kappa shape index (κ3) is 3.33. The molecule has 0 atom stereocenters. The summed E-state index contributed by atoms with van der Waals surface area (Å²) in [5, 5.41) is 8.93. The van der Waals surface area contributed by atoms with Gasteiger partial charge in [-0.15, -0.1) is 0 Å². The Hall–Kier alpha value is -1.29. The van der Waals surface area contributed by atoms with Crippen LogP contribution in [0.25, 0.3) is 0 Å². The van der Waals surface area contributed by atoms with Crippen molar-refractivity contribution in [3.63, 3.8) is 0 Å². The Morgan fingerprint density at radius 2 is 2.12 bits per heavy atom. The third-order valence-electron chi connectivity index (χ3n) is 1.98. The Bertz CT molecular complexity index is 466. The minimum Gasteiger partial charge on any atom is -0.493 e. The third-order valence-corrected chi connectivity index (χ3v) is 2.88. The first-order valence-electron chi connectivity index (χ1n) is 5.17. The molecule has 0 bridgehead atoms. The lowest BCUT2D eigenvalue weighted by Crippen LogP contribution is -2.09. The summed E-state index contributed by atoms with van der Waals surface area (Å²) in [6.07, 6.45) is 0. The second-order valence-electron chi connectivity index (χ2n) is 3.09. The van der Waals surface area contributed by atoms with E-state index in [4.69, 9.17) is 14.7 Å². The number of nitriles is 1. The number of hydrogen-bond acceptors (Lipinski definition) is 4. The van der Waals surface area contributed by atoms with Crippen LogP contribution >= 0.6 is 22.6 Å². The first kappa shape index (κ1) is 13.8. The van der Waals surface area contributed by atoms with Gasteiger partial charge in [0, 0.05) is 3.57 Å². The van der Waals surface area contributed by atoms with Gasteiger partial charge < -0.3 is 9.47 Å². The summed E-state index contributed by atoms with van der Waals surface area (Å²) in [5.41, 5.74) is 0.739. The predicted molar refractivity (Wildman–Crippen MR) is 71.0 cm³/mol. The fraction of sp³-hybridized carbons (Fsp3) is 0.333. The lowest BCUT2D eigenvalue weighted by Gasteiger charge is -2.10. The van der Waals surface area contributed by atoms with Crippen molar-refractivity contribution in [2.24, 2.45) is 0 Å². The number of rotatable bonds is 4. The molecule has 17 heavy (non-hydrogen) atoms. The van der Waals surface area contributed by atoms with Crippen molar-refractivity contribution in [3.05, 3.63) is 26.8 Å². The van der Waals surface area contributed by atoms with Gasteiger partial charge in [-0.2, -0.15) is 5.26 Å². The van der Waals surface area contributed by atoms with Crippen LogP contribution in [0.1, 0.15) is 29.8 Å². The molecule has 0 saturated heterocycles. The van der Waals surface area contributed by atoms with Gasteiger partial charge >= 0.3 is 5.97 Å². The van der Waals surface area contributed by atoms with E-state index in [0.717, 1.165) is 3.57 Å². The molecule has 90 valence electrons. The Morgan fingerprint density at radius 1 is 1.41 bits per heavy atom. The largest absolute Gasteiger partial charge is 0.493 e. The van der Waals surface area contributed by atoms with Crippen molar-refractivity contribution >= 4 is 28.6 Å². The van der Waals surface area contributed by atoms with Crippen LogP contribution in [-0.4, -0.2) is 19.2 Å². The van der Waals surface area contributed by atoms with E-state index in [1.165, 1.54) is 6.07 Å². The van der Waals surface area contributed by atoms with E-state index < -0.39 is 5.97 Å². The van der Waals surface area contributed by atoms with Crippen molar-refractivity contribution in [2.45, 2.75) is 13.8 Å². The first-order valence-corrected chi connectivity index (χ1v) is 6.25. The van der Waals surface area contributed by atoms with Gasteiger partial charge in [0.25, 0.3) is 0 Å². The lowest BCUT2D eigenvalue weighted by molar-refractivity contribution is 0.0522. The van der Waals surface area contributed by atoms with Gasteiger partial charge in [-0.3, -0.25) is 0 Å². The van der Waals surface area contributed by atoms with Crippen molar-refractivity contribution < 1.29 is 14.3 Å². The smallest absolute Gasteiger partial charge is 0.341 e. The summed E-state index contributed by atoms with van der Waals surface area (Å²) < 4.78 is 11.0. The standard InChI is InChI=1S/C12H12INO3/c1-3-16-11-6-10(13)8(7-14)5-9(11)12(15)17-4-2/h5-6H,3-4H2,1-2H3. The quantitative estimate of drug-likeness (QED) is 0.622. The Labute approximate surface area is 114 Å². The minimum atomic E-state index is -0.469. The normalized spacial score (nSPS) is 9.53. The van der Waals surface area contributed by atoms with Gasteiger partial charge in [0.2, 0.25) is 0 Å². The number of halogens is 1. The Morgan fingerprint density at radius 3 is 2.65 bits per heavy atom. The second kappa shape index (κ2) is 6.45. The maximum Gasteiger partial charge on any atom is 0.341 e. The van der Waals surface area contributed by atoms with Gasteiger partial charge in [-0.1, -0.05) is 0 Å². The summed E-state index contributed by atoms with van der Waals surface area (Å²) in [6, 6.07) is 5.21. The van der Waals surface area contributed by atoms with E-state index in [9.17, 15) is 4.79 Å². The summed E-state index contributed by atoms with van der Waals surface area (Å²) in [4.78, 5) is 11.7. The van der Waals surface area contributed by atoms with Crippen LogP contribution in [0.3, 0.4) is 0 Å². The molecule has 0 amide bonds. The lowest BCUT2D eigenvalue weighted by atomic mass is 10.1. The molecule has 4 nitrogen and oxygen atoms in total. The molecular formula is C12H12INO3. The first-order chi connectivity index (χ1) is 8.13. The van der Waals surface area contributed by atoms with E-state index in [-0.39, 0.29) is 6.61 Å². The predicted octanol–water partition coefficient (Wildman–Crippen LogP) is 2.74. The van der Waals surface area contributed by atoms with Crippen LogP contribution in [0, 0.1) is 14.9 Å². The minimum absolute atomic E-state index is 0.290. The average molecular weight is 345 g/mol. The van der Waals surface area contributed by atoms with Crippen LogP contribution in [0.2, 0.25) is 0 Å². The van der Waals surface area contributed by atoms with Gasteiger partial charge in [-0.05, 0) is 48.6 Å². The number of hydrogen-bond donors (Lipinski definition) is 0. The fourth-order valence-corrected chi connectivity index (χ4v) is 1.84. The molecule has 0 aromatic heterocycles. The zero-order valence-electron chi connectivity index (χ0n) is 9.62. The van der Waals surface area contributed by atoms with Crippen molar-refractivity contribution in [2.75, 3.05) is 13.2 Å². The monoisotopic (exact) mass is 345 g/mol. The molecule has 1 aromatic carbocycles. The summed E-state index contributed by atoms with van der Waals surface area (Å²) in [5.74, 6) is -0.0156. The SMILES string of the molecule is CCOC(=O)c1cc(C#N)c(I)cc1OCC. The molecule has 0 N–H and O–H groups in total. The molecule has 0 aliphatic carbocycles. The van der Waals surface area contributed by atoms with Crippen LogP contribution in [0.4, 0.5) is 0 Å². The number of carbonyl (C=O) groups excluding carboxylic acids is 1. The molecule has 0 fully saturated rings. The zero-order chi connectivity index (χ0) is 12.8. The molecule has 0 aliphatic rings. The van der Waals surface area contributed by atoms with Crippen LogP contribution in [0.5, 0.6) is 5.75 Å². The highest BCUT2D eigenvalue weighted by Crippen LogP contribution is 2.25. The van der Waals surface area contributed by atoms with Gasteiger partial charge in [0.1, 0.15) is 17.4 Å². The number of nitrogens with zero attached hydrogens (tertiary/aromatic N) is 1. The van der Waals surface area contributed by atoms with Gasteiger partial charge in [-0.25, -0.2) is 4.79 Å². The maximum absolute atomic E-state index is 11.7. The number of ether oxygens (including phenoxy) is 2. The number of benzene rings is 1. The molecule has 0 unspecified atom stereocenters. The van der Waals surface area contributed by atoms with Crippen LogP contribution < -0.4 is 4.74 Å². The topological polar surface area (TPSA) is 59.3 Å². The van der Waals surface area contributed by atoms with E-state index in [1.54, 1.807) is 13.0 Å². The summed E-state index contributed by atoms with van der Waals surface area (Å²) in [6.45, 7) is 4.31. The molecule has 0 heterocycles. The zero-order valence-corrected chi connectivity index (χ0v) is 11.8. The molecule has 1 rings (SSSR count). The molecule has 1 aromatic rings. The highest BCUT2D eigenvalue weighted by Gasteiger charge is 2.16. The van der Waals surface area contributed by atoms with E-state index in [2.05, 4.69) is 0 Å². The highest BCUT2D eigenvalue weighted by molar-refractivity contribution is 14.1. The molecule has 0 saturated carbocycles. The van der Waals surface area contributed by atoms with Crippen LogP contribution in [-0.2, 0) is 4.74 Å².